The van der Waals surface area contributed by atoms with E-state index in [-0.39, 0.29) is 11.1 Å². The zero-order valence-corrected chi connectivity index (χ0v) is 13.1. The third-order valence-electron chi connectivity index (χ3n) is 3.17. The lowest BCUT2D eigenvalue weighted by molar-refractivity contribution is -0.132. The molecule has 0 amide bonds. The van der Waals surface area contributed by atoms with Crippen molar-refractivity contribution in [2.24, 2.45) is 0 Å². The second-order valence-electron chi connectivity index (χ2n) is 4.90. The maximum Gasteiger partial charge on any atom is 0.377 e. The van der Waals surface area contributed by atoms with E-state index in [1.54, 1.807) is 50.2 Å². The zero-order chi connectivity index (χ0) is 18.3. The molecule has 6 heteroatoms. The number of rotatable bonds is 4. The minimum atomic E-state index is -1.41. The Hall–Kier alpha value is -3.28. The van der Waals surface area contributed by atoms with E-state index < -0.39 is 23.5 Å². The van der Waals surface area contributed by atoms with Gasteiger partial charge >= 0.3 is 11.9 Å². The first-order valence-electron chi connectivity index (χ1n) is 6.92. The van der Waals surface area contributed by atoms with E-state index in [1.807, 2.05) is 0 Å². The molecule has 0 saturated heterocycles. The van der Waals surface area contributed by atoms with Gasteiger partial charge in [-0.3, -0.25) is 9.59 Å². The van der Waals surface area contributed by atoms with Gasteiger partial charge in [0.2, 0.25) is 0 Å². The van der Waals surface area contributed by atoms with Crippen LogP contribution >= 0.6 is 0 Å². The van der Waals surface area contributed by atoms with E-state index in [9.17, 15) is 19.2 Å². The van der Waals surface area contributed by atoms with E-state index in [0.717, 1.165) is 0 Å². The molecule has 6 nitrogen and oxygen atoms in total. The quantitative estimate of drug-likeness (QED) is 0.659. The van der Waals surface area contributed by atoms with Crippen molar-refractivity contribution in [1.82, 2.24) is 0 Å². The molecule has 0 fully saturated rings. The summed E-state index contributed by atoms with van der Waals surface area (Å²) in [5, 5.41) is 16.8. The number of aliphatic carboxylic acids is 2. The summed E-state index contributed by atoms with van der Waals surface area (Å²) in [6, 6.07) is 13.2. The predicted molar refractivity (Wildman–Crippen MR) is 86.3 cm³/mol. The van der Waals surface area contributed by atoms with Gasteiger partial charge in [-0.15, -0.1) is 0 Å². The molecular weight excluding hydrogens is 312 g/mol. The van der Waals surface area contributed by atoms with E-state index in [1.165, 1.54) is 12.1 Å². The molecule has 2 aromatic rings. The highest BCUT2D eigenvalue weighted by Crippen LogP contribution is 2.08. The van der Waals surface area contributed by atoms with Crippen LogP contribution in [0.3, 0.4) is 0 Å². The van der Waals surface area contributed by atoms with Crippen molar-refractivity contribution >= 4 is 23.5 Å². The van der Waals surface area contributed by atoms with Crippen molar-refractivity contribution in [3.63, 3.8) is 0 Å². The van der Waals surface area contributed by atoms with Gasteiger partial charge in [0, 0.05) is 11.1 Å². The van der Waals surface area contributed by atoms with Gasteiger partial charge in [0.15, 0.2) is 0 Å². The average Bonchev–Trinajstić information content (AvgIpc) is 2.55. The lowest BCUT2D eigenvalue weighted by atomic mass is 10.1. The van der Waals surface area contributed by atoms with Crippen LogP contribution in [0.25, 0.3) is 0 Å². The molecule has 0 spiro atoms. The van der Waals surface area contributed by atoms with E-state index >= 15 is 0 Å². The summed E-state index contributed by atoms with van der Waals surface area (Å²) in [5.74, 6) is -4.53. The number of hydrogen-bond acceptors (Lipinski definition) is 4. The Morgan fingerprint density at radius 3 is 1.17 bits per heavy atom. The van der Waals surface area contributed by atoms with Crippen LogP contribution in [-0.2, 0) is 9.59 Å². The molecule has 0 aliphatic heterocycles. The summed E-state index contributed by atoms with van der Waals surface area (Å²) in [6.07, 6.45) is 0. The number of carbonyl (C=O) groups is 4. The van der Waals surface area contributed by atoms with Gasteiger partial charge in [-0.25, -0.2) is 9.59 Å². The Bertz CT molecular complexity index is 724. The summed E-state index contributed by atoms with van der Waals surface area (Å²) in [7, 11) is 0. The fourth-order valence-electron chi connectivity index (χ4n) is 1.89. The first-order chi connectivity index (χ1) is 11.3. The minimum Gasteiger partial charge on any atom is -0.475 e. The maximum absolute atomic E-state index is 11.0. The van der Waals surface area contributed by atoms with Gasteiger partial charge in [0.25, 0.3) is 11.6 Å². The fraction of sp³-hybridized carbons (Fsp3) is 0.111. The van der Waals surface area contributed by atoms with Crippen LogP contribution in [0.2, 0.25) is 0 Å². The summed E-state index contributed by atoms with van der Waals surface area (Å²) in [6.45, 7) is 3.41. The average molecular weight is 328 g/mol. The molecule has 0 aliphatic rings. The summed E-state index contributed by atoms with van der Waals surface area (Å²) < 4.78 is 0. The molecule has 0 unspecified atom stereocenters. The third kappa shape index (κ3) is 4.88. The standard InChI is InChI=1S/2C9H8O3/c2*1-6-4-2-3-5-7(6)8(10)9(11)12/h2*2-5H,1H3,(H,11,12). The van der Waals surface area contributed by atoms with Crippen LogP contribution in [-0.4, -0.2) is 33.7 Å². The first-order valence-corrected chi connectivity index (χ1v) is 6.92. The highest BCUT2D eigenvalue weighted by Gasteiger charge is 2.16. The van der Waals surface area contributed by atoms with Crippen LogP contribution in [0.4, 0.5) is 0 Å². The molecule has 0 atom stereocenters. The van der Waals surface area contributed by atoms with Crippen LogP contribution in [0.15, 0.2) is 48.5 Å². The molecule has 0 saturated carbocycles. The Balaban J connectivity index is 0.000000240. The fourth-order valence-corrected chi connectivity index (χ4v) is 1.89. The van der Waals surface area contributed by atoms with Crippen molar-refractivity contribution in [3.8, 4) is 0 Å². The van der Waals surface area contributed by atoms with Gasteiger partial charge in [-0.2, -0.15) is 0 Å². The molecule has 2 aromatic carbocycles. The molecule has 24 heavy (non-hydrogen) atoms. The monoisotopic (exact) mass is 328 g/mol. The zero-order valence-electron chi connectivity index (χ0n) is 13.1. The lowest BCUT2D eigenvalue weighted by Gasteiger charge is -1.98. The Labute approximate surface area is 138 Å². The number of benzene rings is 2. The Kier molecular flexibility index (Phi) is 6.55. The van der Waals surface area contributed by atoms with Crippen LogP contribution < -0.4 is 0 Å². The van der Waals surface area contributed by atoms with E-state index in [0.29, 0.717) is 11.1 Å². The SMILES string of the molecule is Cc1ccccc1C(=O)C(=O)O.Cc1ccccc1C(=O)C(=O)O. The second kappa shape index (κ2) is 8.38. The topological polar surface area (TPSA) is 109 Å². The van der Waals surface area contributed by atoms with Gasteiger partial charge in [0.05, 0.1) is 0 Å². The molecule has 0 aromatic heterocycles. The molecule has 0 radical (unpaired) electrons. The molecule has 0 bridgehead atoms. The molecule has 0 aliphatic carbocycles. The predicted octanol–water partition coefficient (Wildman–Crippen LogP) is 2.52. The highest BCUT2D eigenvalue weighted by atomic mass is 16.4. The molecule has 2 rings (SSSR count). The first kappa shape index (κ1) is 18.8. The Morgan fingerprint density at radius 2 is 0.917 bits per heavy atom. The van der Waals surface area contributed by atoms with Crippen molar-refractivity contribution in [1.29, 1.82) is 0 Å². The van der Waals surface area contributed by atoms with E-state index in [2.05, 4.69) is 0 Å². The lowest BCUT2D eigenvalue weighted by Crippen LogP contribution is -2.13. The van der Waals surface area contributed by atoms with Crippen molar-refractivity contribution in [2.45, 2.75) is 13.8 Å². The highest BCUT2D eigenvalue weighted by molar-refractivity contribution is 6.40. The van der Waals surface area contributed by atoms with Crippen molar-refractivity contribution in [3.05, 3.63) is 70.8 Å². The Morgan fingerprint density at radius 1 is 0.625 bits per heavy atom. The molecule has 2 N–H and O–H groups in total. The number of hydrogen-bond donors (Lipinski definition) is 2. The van der Waals surface area contributed by atoms with Gasteiger partial charge < -0.3 is 10.2 Å². The van der Waals surface area contributed by atoms with Crippen molar-refractivity contribution < 1.29 is 29.4 Å². The molecule has 0 heterocycles. The van der Waals surface area contributed by atoms with E-state index in [4.69, 9.17) is 10.2 Å². The normalized spacial score (nSPS) is 9.42. The number of carboxylic acids is 2. The molecular formula is C18H16O6. The van der Waals surface area contributed by atoms with Gasteiger partial charge in [-0.1, -0.05) is 48.5 Å². The van der Waals surface area contributed by atoms with Crippen LogP contribution in [0, 0.1) is 13.8 Å². The summed E-state index contributed by atoms with van der Waals surface area (Å²) >= 11 is 0. The van der Waals surface area contributed by atoms with Gasteiger partial charge in [-0.05, 0) is 25.0 Å². The van der Waals surface area contributed by atoms with Crippen LogP contribution in [0.5, 0.6) is 0 Å². The smallest absolute Gasteiger partial charge is 0.377 e. The number of ketones is 2. The largest absolute Gasteiger partial charge is 0.475 e. The number of Topliss-reactive ketones (excluding diaryl/α,β-unsaturated/α-hetero) is 2. The second-order valence-corrected chi connectivity index (χ2v) is 4.90. The summed E-state index contributed by atoms with van der Waals surface area (Å²) in [5.41, 5.74) is 1.88. The number of aryl methyl sites for hydroxylation is 2. The minimum absolute atomic E-state index is 0.255. The summed E-state index contributed by atoms with van der Waals surface area (Å²) in [4.78, 5) is 42.5. The van der Waals surface area contributed by atoms with Gasteiger partial charge in [0.1, 0.15) is 0 Å². The molecule has 124 valence electrons. The number of carboxylic acid groups (broad SMARTS) is 2. The third-order valence-corrected chi connectivity index (χ3v) is 3.17. The van der Waals surface area contributed by atoms with Crippen LogP contribution in [0.1, 0.15) is 31.8 Å². The maximum atomic E-state index is 11.0. The number of carbonyl (C=O) groups excluding carboxylic acids is 2. The van der Waals surface area contributed by atoms with Crippen molar-refractivity contribution in [2.75, 3.05) is 0 Å².